The molecule has 1 fully saturated rings. The lowest BCUT2D eigenvalue weighted by molar-refractivity contribution is -0.115. The maximum absolute atomic E-state index is 12.7. The van der Waals surface area contributed by atoms with Crippen LogP contribution in [0.15, 0.2) is 83.3 Å². The van der Waals surface area contributed by atoms with Crippen LogP contribution in [0.1, 0.15) is 10.9 Å². The Kier molecular flexibility index (Phi) is 6.08. The molecule has 0 N–H and O–H groups in total. The number of hydrogen-bond donors (Lipinski definition) is 0. The molecule has 0 aromatic heterocycles. The SMILES string of the molecule is O=C1CSC(c2cccc(Br)c2)N1c1ccc(Oc2ccc3ccccc3c2Cl)c(Cl)c1. The molecule has 32 heavy (non-hydrogen) atoms. The fourth-order valence-corrected chi connectivity index (χ4v) is 5.81. The van der Waals surface area contributed by atoms with Gasteiger partial charge in [0.25, 0.3) is 0 Å². The minimum atomic E-state index is -0.113. The van der Waals surface area contributed by atoms with Crippen LogP contribution in [0.5, 0.6) is 11.5 Å². The summed E-state index contributed by atoms with van der Waals surface area (Å²) in [4.78, 5) is 14.5. The molecule has 0 aliphatic carbocycles. The predicted molar refractivity (Wildman–Crippen MR) is 137 cm³/mol. The van der Waals surface area contributed by atoms with Gasteiger partial charge < -0.3 is 4.74 Å². The summed E-state index contributed by atoms with van der Waals surface area (Å²) in [5, 5.41) is 2.78. The monoisotopic (exact) mass is 543 g/mol. The minimum absolute atomic E-state index is 0.0438. The van der Waals surface area contributed by atoms with Crippen LogP contribution >= 0.6 is 50.9 Å². The zero-order chi connectivity index (χ0) is 22.2. The third-order valence-corrected chi connectivity index (χ3v) is 7.63. The molecule has 160 valence electrons. The number of hydrogen-bond acceptors (Lipinski definition) is 3. The van der Waals surface area contributed by atoms with Crippen molar-refractivity contribution >= 4 is 73.3 Å². The number of carbonyl (C=O) groups excluding carboxylic acids is 1. The Hall–Kier alpha value is -2.18. The number of amides is 1. The molecule has 0 bridgehead atoms. The Bertz CT molecular complexity index is 1350. The third kappa shape index (κ3) is 4.11. The predicted octanol–water partition coefficient (Wildman–Crippen LogP) is 8.48. The summed E-state index contributed by atoms with van der Waals surface area (Å²) in [6, 6.07) is 25.0. The van der Waals surface area contributed by atoms with E-state index in [9.17, 15) is 4.79 Å². The molecule has 0 spiro atoms. The average Bonchev–Trinajstić information content (AvgIpc) is 3.18. The average molecular weight is 545 g/mol. The van der Waals surface area contributed by atoms with Crippen molar-refractivity contribution in [3.63, 3.8) is 0 Å². The van der Waals surface area contributed by atoms with Crippen LogP contribution < -0.4 is 9.64 Å². The molecule has 1 saturated heterocycles. The topological polar surface area (TPSA) is 29.5 Å². The van der Waals surface area contributed by atoms with Crippen molar-refractivity contribution in [3.05, 3.63) is 98.9 Å². The van der Waals surface area contributed by atoms with Gasteiger partial charge in [0.2, 0.25) is 5.91 Å². The van der Waals surface area contributed by atoms with Gasteiger partial charge >= 0.3 is 0 Å². The first-order valence-corrected chi connectivity index (χ1v) is 12.4. The molecule has 5 rings (SSSR count). The second-order valence-corrected chi connectivity index (χ2v) is 10.1. The number of ether oxygens (including phenoxy) is 1. The summed E-state index contributed by atoms with van der Waals surface area (Å²) >= 11 is 18.3. The van der Waals surface area contributed by atoms with Crippen LogP contribution in [0.4, 0.5) is 5.69 Å². The Labute approximate surface area is 208 Å². The van der Waals surface area contributed by atoms with E-state index in [0.717, 1.165) is 26.5 Å². The molecule has 4 aromatic carbocycles. The fraction of sp³-hybridized carbons (Fsp3) is 0.0800. The van der Waals surface area contributed by atoms with Gasteiger partial charge in [-0.15, -0.1) is 11.8 Å². The summed E-state index contributed by atoms with van der Waals surface area (Å²) in [7, 11) is 0. The van der Waals surface area contributed by atoms with Crippen LogP contribution in [0.2, 0.25) is 10.0 Å². The van der Waals surface area contributed by atoms with Gasteiger partial charge in [0.15, 0.2) is 0 Å². The van der Waals surface area contributed by atoms with Gasteiger partial charge in [-0.25, -0.2) is 0 Å². The van der Waals surface area contributed by atoms with E-state index in [1.807, 2.05) is 66.7 Å². The lowest BCUT2D eigenvalue weighted by atomic mass is 10.1. The summed E-state index contributed by atoms with van der Waals surface area (Å²) in [5.41, 5.74) is 1.78. The molecule has 1 aliphatic heterocycles. The number of rotatable bonds is 4. The molecule has 1 atom stereocenters. The highest BCUT2D eigenvalue weighted by Crippen LogP contribution is 2.44. The highest BCUT2D eigenvalue weighted by atomic mass is 79.9. The van der Waals surface area contributed by atoms with Crippen LogP contribution in [0, 0.1) is 0 Å². The van der Waals surface area contributed by atoms with Crippen molar-refractivity contribution in [2.24, 2.45) is 0 Å². The van der Waals surface area contributed by atoms with E-state index in [2.05, 4.69) is 15.9 Å². The Morgan fingerprint density at radius 2 is 1.75 bits per heavy atom. The van der Waals surface area contributed by atoms with Crippen LogP contribution in [-0.2, 0) is 4.79 Å². The van der Waals surface area contributed by atoms with Gasteiger partial charge in [0, 0.05) is 15.5 Å². The van der Waals surface area contributed by atoms with Crippen molar-refractivity contribution < 1.29 is 9.53 Å². The number of nitrogens with zero attached hydrogens (tertiary/aromatic N) is 1. The number of benzene rings is 4. The molecule has 3 nitrogen and oxygen atoms in total. The van der Waals surface area contributed by atoms with Gasteiger partial charge in [-0.3, -0.25) is 9.69 Å². The number of anilines is 1. The van der Waals surface area contributed by atoms with Gasteiger partial charge in [0.1, 0.15) is 16.9 Å². The van der Waals surface area contributed by atoms with Gasteiger partial charge in [-0.05, 0) is 47.3 Å². The fourth-order valence-electron chi connectivity index (χ4n) is 3.74. The number of halogens is 3. The second kappa shape index (κ2) is 8.99. The highest BCUT2D eigenvalue weighted by Gasteiger charge is 2.34. The molecular weight excluding hydrogens is 529 g/mol. The third-order valence-electron chi connectivity index (χ3n) is 5.24. The van der Waals surface area contributed by atoms with Crippen molar-refractivity contribution in [3.8, 4) is 11.5 Å². The largest absolute Gasteiger partial charge is 0.454 e. The molecule has 0 saturated carbocycles. The molecule has 1 unspecified atom stereocenters. The molecule has 7 heteroatoms. The zero-order valence-corrected chi connectivity index (χ0v) is 20.5. The van der Waals surface area contributed by atoms with Crippen molar-refractivity contribution in [1.29, 1.82) is 0 Å². The Morgan fingerprint density at radius 1 is 0.938 bits per heavy atom. The number of fused-ring (bicyclic) bond motifs is 1. The summed E-state index contributed by atoms with van der Waals surface area (Å²) < 4.78 is 7.02. The zero-order valence-electron chi connectivity index (χ0n) is 16.6. The molecule has 4 aromatic rings. The lowest BCUT2D eigenvalue weighted by Crippen LogP contribution is -2.27. The second-order valence-electron chi connectivity index (χ2n) is 7.30. The summed E-state index contributed by atoms with van der Waals surface area (Å²) in [6.45, 7) is 0. The first-order valence-electron chi connectivity index (χ1n) is 9.85. The molecule has 1 aliphatic rings. The van der Waals surface area contributed by atoms with Gasteiger partial charge in [0.05, 0.1) is 15.8 Å². The van der Waals surface area contributed by atoms with Crippen molar-refractivity contribution in [2.45, 2.75) is 5.37 Å². The van der Waals surface area contributed by atoms with E-state index in [0.29, 0.717) is 27.3 Å². The van der Waals surface area contributed by atoms with Crippen LogP contribution in [0.3, 0.4) is 0 Å². The standard InChI is InChI=1S/C25H16BrCl2NO2S/c26-17-6-3-5-16(12-17)25-29(23(30)14-32-25)18-9-11-21(20(27)13-18)31-22-10-8-15-4-1-2-7-19(15)24(22)28/h1-13,25H,14H2. The van der Waals surface area contributed by atoms with Crippen LogP contribution in [-0.4, -0.2) is 11.7 Å². The summed E-state index contributed by atoms with van der Waals surface area (Å²) in [6.07, 6.45) is 0. The minimum Gasteiger partial charge on any atom is -0.454 e. The quantitative estimate of drug-likeness (QED) is 0.258. The van der Waals surface area contributed by atoms with Gasteiger partial charge in [-0.2, -0.15) is 0 Å². The van der Waals surface area contributed by atoms with E-state index in [-0.39, 0.29) is 11.3 Å². The van der Waals surface area contributed by atoms with E-state index in [1.54, 1.807) is 28.8 Å². The molecule has 1 heterocycles. The maximum Gasteiger partial charge on any atom is 0.238 e. The smallest absolute Gasteiger partial charge is 0.238 e. The van der Waals surface area contributed by atoms with E-state index >= 15 is 0 Å². The highest BCUT2D eigenvalue weighted by molar-refractivity contribution is 9.10. The lowest BCUT2D eigenvalue weighted by Gasteiger charge is -2.25. The first-order chi connectivity index (χ1) is 15.5. The van der Waals surface area contributed by atoms with Crippen molar-refractivity contribution in [2.75, 3.05) is 10.7 Å². The number of thioether (sulfide) groups is 1. The normalized spacial score (nSPS) is 16.0. The molecule has 1 amide bonds. The van der Waals surface area contributed by atoms with E-state index < -0.39 is 0 Å². The maximum atomic E-state index is 12.7. The van der Waals surface area contributed by atoms with E-state index in [1.165, 1.54) is 0 Å². The Balaban J connectivity index is 1.45. The Morgan fingerprint density at radius 3 is 2.56 bits per heavy atom. The molecular formula is C25H16BrCl2NO2S. The van der Waals surface area contributed by atoms with Gasteiger partial charge in [-0.1, -0.05) is 81.6 Å². The summed E-state index contributed by atoms with van der Waals surface area (Å²) in [5.74, 6) is 1.47. The molecule has 0 radical (unpaired) electrons. The first kappa shape index (κ1) is 21.7. The van der Waals surface area contributed by atoms with Crippen molar-refractivity contribution in [1.82, 2.24) is 0 Å². The van der Waals surface area contributed by atoms with E-state index in [4.69, 9.17) is 27.9 Å². The number of carbonyl (C=O) groups is 1. The van der Waals surface area contributed by atoms with Crippen LogP contribution in [0.25, 0.3) is 10.8 Å².